The van der Waals surface area contributed by atoms with Crippen LogP contribution in [0.25, 0.3) is 0 Å². The largest absolute Gasteiger partial charge is 0.401 e. The van der Waals surface area contributed by atoms with Crippen LogP contribution >= 0.6 is 0 Å². The molecule has 1 aliphatic rings. The standard InChI is InChI=1S/C14H18F3N3O/c15-14(16,17)10-19-5-7-20(8-6-19)13(21)9-11-3-1-2-4-12(11)18/h1-4H,5-10,18H2. The number of benzene rings is 1. The Kier molecular flexibility index (Phi) is 4.72. The summed E-state index contributed by atoms with van der Waals surface area (Å²) in [5, 5.41) is 0. The van der Waals surface area contributed by atoms with E-state index in [-0.39, 0.29) is 25.4 Å². The lowest BCUT2D eigenvalue weighted by Crippen LogP contribution is -2.51. The molecule has 0 radical (unpaired) electrons. The maximum absolute atomic E-state index is 12.3. The number of nitrogens with zero attached hydrogens (tertiary/aromatic N) is 2. The molecule has 0 aromatic heterocycles. The van der Waals surface area contributed by atoms with Crippen molar-refractivity contribution in [1.29, 1.82) is 0 Å². The number of piperazine rings is 1. The van der Waals surface area contributed by atoms with Gasteiger partial charge in [0.2, 0.25) is 5.91 Å². The van der Waals surface area contributed by atoms with Gasteiger partial charge >= 0.3 is 6.18 Å². The molecule has 4 nitrogen and oxygen atoms in total. The van der Waals surface area contributed by atoms with Crippen molar-refractivity contribution in [2.45, 2.75) is 12.6 Å². The molecule has 0 atom stereocenters. The Balaban J connectivity index is 1.85. The van der Waals surface area contributed by atoms with Crippen LogP contribution in [0.1, 0.15) is 5.56 Å². The average molecular weight is 301 g/mol. The van der Waals surface area contributed by atoms with Gasteiger partial charge in [0.15, 0.2) is 0 Å². The van der Waals surface area contributed by atoms with Crippen molar-refractivity contribution in [3.05, 3.63) is 29.8 Å². The second-order valence-electron chi connectivity index (χ2n) is 5.15. The van der Waals surface area contributed by atoms with Crippen molar-refractivity contribution in [1.82, 2.24) is 9.80 Å². The van der Waals surface area contributed by atoms with E-state index in [4.69, 9.17) is 5.73 Å². The molecular formula is C14H18F3N3O. The summed E-state index contributed by atoms with van der Waals surface area (Å²) >= 11 is 0. The summed E-state index contributed by atoms with van der Waals surface area (Å²) in [4.78, 5) is 15.1. The van der Waals surface area contributed by atoms with Crippen LogP contribution in [0.5, 0.6) is 0 Å². The van der Waals surface area contributed by atoms with E-state index in [1.807, 2.05) is 0 Å². The quantitative estimate of drug-likeness (QED) is 0.861. The maximum atomic E-state index is 12.3. The van der Waals surface area contributed by atoms with Gasteiger partial charge in [-0.15, -0.1) is 0 Å². The first kappa shape index (κ1) is 15.6. The number of anilines is 1. The molecular weight excluding hydrogens is 283 g/mol. The van der Waals surface area contributed by atoms with Crippen LogP contribution < -0.4 is 5.73 Å². The molecule has 1 aromatic rings. The van der Waals surface area contributed by atoms with E-state index in [0.29, 0.717) is 18.8 Å². The molecule has 1 aromatic carbocycles. The number of nitrogen functional groups attached to an aromatic ring is 1. The lowest BCUT2D eigenvalue weighted by Gasteiger charge is -2.35. The van der Waals surface area contributed by atoms with E-state index in [9.17, 15) is 18.0 Å². The molecule has 1 heterocycles. The Morgan fingerprint density at radius 3 is 2.33 bits per heavy atom. The number of carbonyl (C=O) groups is 1. The lowest BCUT2D eigenvalue weighted by atomic mass is 10.1. The molecule has 1 saturated heterocycles. The number of carbonyl (C=O) groups excluding carboxylic acids is 1. The molecule has 116 valence electrons. The molecule has 2 N–H and O–H groups in total. The van der Waals surface area contributed by atoms with Gasteiger partial charge in [-0.2, -0.15) is 13.2 Å². The predicted molar refractivity (Wildman–Crippen MR) is 73.6 cm³/mol. The highest BCUT2D eigenvalue weighted by Crippen LogP contribution is 2.18. The van der Waals surface area contributed by atoms with Gasteiger partial charge in [-0.05, 0) is 11.6 Å². The number of nitrogens with two attached hydrogens (primary N) is 1. The minimum Gasteiger partial charge on any atom is -0.398 e. The summed E-state index contributed by atoms with van der Waals surface area (Å²) in [5.41, 5.74) is 7.09. The Hall–Kier alpha value is -1.76. The van der Waals surface area contributed by atoms with Crippen LogP contribution in [0.15, 0.2) is 24.3 Å². The van der Waals surface area contributed by atoms with Gasteiger partial charge in [0, 0.05) is 31.9 Å². The van der Waals surface area contributed by atoms with Crippen molar-refractivity contribution in [3.63, 3.8) is 0 Å². The minimum absolute atomic E-state index is 0.0976. The van der Waals surface area contributed by atoms with Crippen LogP contribution in [-0.4, -0.2) is 54.6 Å². The number of amides is 1. The SMILES string of the molecule is Nc1ccccc1CC(=O)N1CCN(CC(F)(F)F)CC1. The fourth-order valence-corrected chi connectivity index (χ4v) is 2.38. The molecule has 1 aliphatic heterocycles. The number of alkyl halides is 3. The van der Waals surface area contributed by atoms with Crippen LogP contribution in [0.3, 0.4) is 0 Å². The first-order valence-electron chi connectivity index (χ1n) is 6.75. The van der Waals surface area contributed by atoms with Crippen LogP contribution in [0.4, 0.5) is 18.9 Å². The molecule has 7 heteroatoms. The van der Waals surface area contributed by atoms with E-state index in [1.54, 1.807) is 29.2 Å². The predicted octanol–water partition coefficient (Wildman–Crippen LogP) is 1.52. The second kappa shape index (κ2) is 6.34. The van der Waals surface area contributed by atoms with E-state index >= 15 is 0 Å². The van der Waals surface area contributed by atoms with Gasteiger partial charge in [-0.3, -0.25) is 9.69 Å². The van der Waals surface area contributed by atoms with Gasteiger partial charge in [0.05, 0.1) is 13.0 Å². The monoisotopic (exact) mass is 301 g/mol. The topological polar surface area (TPSA) is 49.6 Å². The summed E-state index contributed by atoms with van der Waals surface area (Å²) in [6.45, 7) is 0.217. The molecule has 0 saturated carbocycles. The fourth-order valence-electron chi connectivity index (χ4n) is 2.38. The third-order valence-electron chi connectivity index (χ3n) is 3.52. The molecule has 1 fully saturated rings. The normalized spacial score (nSPS) is 17.0. The third kappa shape index (κ3) is 4.63. The zero-order chi connectivity index (χ0) is 15.5. The summed E-state index contributed by atoms with van der Waals surface area (Å²) in [6, 6.07) is 7.11. The Labute approximate surface area is 121 Å². The highest BCUT2D eigenvalue weighted by Gasteiger charge is 2.32. The van der Waals surface area contributed by atoms with E-state index < -0.39 is 12.7 Å². The summed E-state index contributed by atoms with van der Waals surface area (Å²) in [6.07, 6.45) is -4.00. The van der Waals surface area contributed by atoms with Gasteiger partial charge in [-0.25, -0.2) is 0 Å². The molecule has 2 rings (SSSR count). The van der Waals surface area contributed by atoms with Gasteiger partial charge in [0.25, 0.3) is 0 Å². The zero-order valence-corrected chi connectivity index (χ0v) is 11.6. The highest BCUT2D eigenvalue weighted by atomic mass is 19.4. The first-order chi connectivity index (χ1) is 9.85. The number of hydrogen-bond acceptors (Lipinski definition) is 3. The zero-order valence-electron chi connectivity index (χ0n) is 11.6. The number of hydrogen-bond donors (Lipinski definition) is 1. The summed E-state index contributed by atoms with van der Waals surface area (Å²) in [7, 11) is 0. The smallest absolute Gasteiger partial charge is 0.398 e. The highest BCUT2D eigenvalue weighted by molar-refractivity contribution is 5.80. The van der Waals surface area contributed by atoms with Crippen molar-refractivity contribution in [2.24, 2.45) is 0 Å². The van der Waals surface area contributed by atoms with Gasteiger partial charge in [0.1, 0.15) is 0 Å². The Morgan fingerprint density at radius 1 is 1.14 bits per heavy atom. The second-order valence-corrected chi connectivity index (χ2v) is 5.15. The average Bonchev–Trinajstić information content (AvgIpc) is 2.40. The van der Waals surface area contributed by atoms with Crippen molar-refractivity contribution in [3.8, 4) is 0 Å². The van der Waals surface area contributed by atoms with Crippen molar-refractivity contribution >= 4 is 11.6 Å². The Bertz CT molecular complexity index is 496. The molecule has 0 aliphatic carbocycles. The fraction of sp³-hybridized carbons (Fsp3) is 0.500. The van der Waals surface area contributed by atoms with Gasteiger partial charge in [-0.1, -0.05) is 18.2 Å². The van der Waals surface area contributed by atoms with Crippen molar-refractivity contribution < 1.29 is 18.0 Å². The molecule has 0 unspecified atom stereocenters. The van der Waals surface area contributed by atoms with Crippen LogP contribution in [0.2, 0.25) is 0 Å². The maximum Gasteiger partial charge on any atom is 0.401 e. The number of rotatable bonds is 3. The Morgan fingerprint density at radius 2 is 1.76 bits per heavy atom. The van der Waals surface area contributed by atoms with E-state index in [1.165, 1.54) is 4.90 Å². The lowest BCUT2D eigenvalue weighted by molar-refractivity contribution is -0.151. The minimum atomic E-state index is -4.19. The van der Waals surface area contributed by atoms with Crippen LogP contribution in [-0.2, 0) is 11.2 Å². The van der Waals surface area contributed by atoms with E-state index in [2.05, 4.69) is 0 Å². The molecule has 0 bridgehead atoms. The molecule has 0 spiro atoms. The van der Waals surface area contributed by atoms with Gasteiger partial charge < -0.3 is 10.6 Å². The molecule has 1 amide bonds. The number of halogens is 3. The first-order valence-corrected chi connectivity index (χ1v) is 6.75. The third-order valence-corrected chi connectivity index (χ3v) is 3.52. The summed E-state index contributed by atoms with van der Waals surface area (Å²) in [5.74, 6) is -0.0976. The number of para-hydroxylation sites is 1. The molecule has 21 heavy (non-hydrogen) atoms. The van der Waals surface area contributed by atoms with Crippen LogP contribution in [0, 0.1) is 0 Å². The van der Waals surface area contributed by atoms with E-state index in [0.717, 1.165) is 5.56 Å². The van der Waals surface area contributed by atoms with Crippen molar-refractivity contribution in [2.75, 3.05) is 38.5 Å². The summed E-state index contributed by atoms with van der Waals surface area (Å²) < 4.78 is 36.9.